The van der Waals surface area contributed by atoms with Gasteiger partial charge in [0.15, 0.2) is 0 Å². The van der Waals surface area contributed by atoms with Gasteiger partial charge in [0.1, 0.15) is 5.83 Å². The Kier molecular flexibility index (Phi) is 5.12. The van der Waals surface area contributed by atoms with Crippen molar-refractivity contribution < 1.29 is 4.39 Å². The summed E-state index contributed by atoms with van der Waals surface area (Å²) in [6.07, 6.45) is 2.56. The summed E-state index contributed by atoms with van der Waals surface area (Å²) in [6, 6.07) is 0. The molecule has 3 heteroatoms. The van der Waals surface area contributed by atoms with E-state index in [0.717, 1.165) is 6.08 Å². The summed E-state index contributed by atoms with van der Waals surface area (Å²) in [6.45, 7) is 5.80. The van der Waals surface area contributed by atoms with Gasteiger partial charge in [-0.2, -0.15) is 0 Å². The van der Waals surface area contributed by atoms with Crippen LogP contribution in [0.15, 0.2) is 28.0 Å². The average molecular weight is 206 g/mol. The Hall–Kier alpha value is -0.440. The van der Waals surface area contributed by atoms with Gasteiger partial charge in [0, 0.05) is 12.8 Å². The Balaban J connectivity index is 4.17. The monoisotopic (exact) mass is 205 g/mol. The van der Waals surface area contributed by atoms with Crippen molar-refractivity contribution in [1.82, 2.24) is 0 Å². The first-order valence-electron chi connectivity index (χ1n) is 2.90. The number of hydrogen-bond donors (Lipinski definition) is 0. The van der Waals surface area contributed by atoms with Gasteiger partial charge in [0.25, 0.3) is 0 Å². The molecular formula is C7H9BrFN. The third kappa shape index (κ3) is 3.56. The van der Waals surface area contributed by atoms with E-state index in [1.54, 1.807) is 0 Å². The predicted molar refractivity (Wildman–Crippen MR) is 46.3 cm³/mol. The zero-order chi connectivity index (χ0) is 7.98. The minimum absolute atomic E-state index is 0.337. The molecule has 0 aromatic rings. The van der Waals surface area contributed by atoms with Crippen molar-refractivity contribution in [2.45, 2.75) is 6.92 Å². The van der Waals surface area contributed by atoms with Gasteiger partial charge >= 0.3 is 0 Å². The van der Waals surface area contributed by atoms with Gasteiger partial charge in [0.05, 0.1) is 4.48 Å². The molecule has 0 aromatic carbocycles. The lowest BCUT2D eigenvalue weighted by atomic mass is 10.5. The molecule has 0 amide bonds. The van der Waals surface area contributed by atoms with Crippen LogP contribution in [0.2, 0.25) is 0 Å². The van der Waals surface area contributed by atoms with Gasteiger partial charge in [-0.3, -0.25) is 4.99 Å². The summed E-state index contributed by atoms with van der Waals surface area (Å²) in [5.74, 6) is -0.391. The van der Waals surface area contributed by atoms with E-state index in [9.17, 15) is 4.39 Å². The van der Waals surface area contributed by atoms with E-state index in [4.69, 9.17) is 0 Å². The SMILES string of the molecule is C=C/C(F)=C(/Br)C=NCC. The number of allylic oxidation sites excluding steroid dienone is 3. The van der Waals surface area contributed by atoms with Crippen molar-refractivity contribution in [3.8, 4) is 0 Å². The van der Waals surface area contributed by atoms with E-state index >= 15 is 0 Å². The fourth-order valence-corrected chi connectivity index (χ4v) is 0.637. The normalized spacial score (nSPS) is 13.5. The minimum Gasteiger partial charge on any atom is -0.292 e. The van der Waals surface area contributed by atoms with Crippen LogP contribution in [0.3, 0.4) is 0 Å². The molecule has 0 rings (SSSR count). The Bertz CT molecular complexity index is 172. The lowest BCUT2D eigenvalue weighted by Crippen LogP contribution is -1.78. The summed E-state index contributed by atoms with van der Waals surface area (Å²) in [7, 11) is 0. The Morgan fingerprint density at radius 2 is 2.40 bits per heavy atom. The van der Waals surface area contributed by atoms with E-state index in [1.807, 2.05) is 6.92 Å². The molecule has 0 unspecified atom stereocenters. The first-order chi connectivity index (χ1) is 4.72. The van der Waals surface area contributed by atoms with Gasteiger partial charge in [-0.15, -0.1) is 0 Å². The summed E-state index contributed by atoms with van der Waals surface area (Å²) in [5, 5.41) is 0. The molecule has 0 bridgehead atoms. The first-order valence-corrected chi connectivity index (χ1v) is 3.69. The number of rotatable bonds is 3. The number of halogens is 2. The number of aliphatic imine (C=N–C) groups is 1. The standard InChI is InChI=1S/C7H9BrFN/c1-3-7(9)6(8)5-10-4-2/h3,5H,1,4H2,2H3/b7-6-,10-5?. The fraction of sp³-hybridized carbons (Fsp3) is 0.286. The zero-order valence-corrected chi connectivity index (χ0v) is 7.36. The van der Waals surface area contributed by atoms with Crippen LogP contribution < -0.4 is 0 Å². The largest absolute Gasteiger partial charge is 0.292 e. The fourth-order valence-electron chi connectivity index (χ4n) is 0.331. The molecular weight excluding hydrogens is 197 g/mol. The Morgan fingerprint density at radius 3 is 2.80 bits per heavy atom. The summed E-state index contributed by atoms with van der Waals surface area (Å²) in [4.78, 5) is 3.82. The lowest BCUT2D eigenvalue weighted by Gasteiger charge is -1.87. The first kappa shape index (κ1) is 9.56. The van der Waals surface area contributed by atoms with E-state index in [0.29, 0.717) is 11.0 Å². The van der Waals surface area contributed by atoms with Crippen LogP contribution in [0.1, 0.15) is 6.92 Å². The molecule has 0 aromatic heterocycles. The van der Waals surface area contributed by atoms with Crippen LogP contribution in [0.5, 0.6) is 0 Å². The second kappa shape index (κ2) is 5.35. The van der Waals surface area contributed by atoms with Gasteiger partial charge in [-0.05, 0) is 28.9 Å². The van der Waals surface area contributed by atoms with Crippen molar-refractivity contribution >= 4 is 22.1 Å². The quantitative estimate of drug-likeness (QED) is 0.497. The van der Waals surface area contributed by atoms with Gasteiger partial charge in [0.2, 0.25) is 0 Å². The van der Waals surface area contributed by atoms with Crippen molar-refractivity contribution in [2.24, 2.45) is 4.99 Å². The van der Waals surface area contributed by atoms with Crippen molar-refractivity contribution in [1.29, 1.82) is 0 Å². The second-order valence-electron chi connectivity index (χ2n) is 1.53. The van der Waals surface area contributed by atoms with E-state index in [-0.39, 0.29) is 0 Å². The van der Waals surface area contributed by atoms with Crippen LogP contribution in [0, 0.1) is 0 Å². The van der Waals surface area contributed by atoms with Crippen molar-refractivity contribution in [2.75, 3.05) is 6.54 Å². The molecule has 0 saturated carbocycles. The number of hydrogen-bond acceptors (Lipinski definition) is 1. The highest BCUT2D eigenvalue weighted by atomic mass is 79.9. The van der Waals surface area contributed by atoms with E-state index in [1.165, 1.54) is 6.21 Å². The molecule has 0 radical (unpaired) electrons. The Labute approximate surface area is 68.5 Å². The van der Waals surface area contributed by atoms with Gasteiger partial charge < -0.3 is 0 Å². The van der Waals surface area contributed by atoms with Crippen molar-refractivity contribution in [3.63, 3.8) is 0 Å². The van der Waals surface area contributed by atoms with E-state index < -0.39 is 5.83 Å². The minimum atomic E-state index is -0.391. The predicted octanol–water partition coefficient (Wildman–Crippen LogP) is 2.84. The molecule has 0 atom stereocenters. The zero-order valence-electron chi connectivity index (χ0n) is 5.77. The highest BCUT2D eigenvalue weighted by molar-refractivity contribution is 9.12. The van der Waals surface area contributed by atoms with E-state index in [2.05, 4.69) is 27.5 Å². The highest BCUT2D eigenvalue weighted by Crippen LogP contribution is 2.11. The van der Waals surface area contributed by atoms with Crippen LogP contribution in [0.4, 0.5) is 4.39 Å². The molecule has 0 aliphatic heterocycles. The average Bonchev–Trinajstić information content (AvgIpc) is 1.98. The molecule has 0 heterocycles. The van der Waals surface area contributed by atoms with Crippen molar-refractivity contribution in [3.05, 3.63) is 23.0 Å². The summed E-state index contributed by atoms with van der Waals surface area (Å²) in [5.41, 5.74) is 0. The molecule has 0 aliphatic carbocycles. The van der Waals surface area contributed by atoms with Crippen LogP contribution in [-0.2, 0) is 0 Å². The molecule has 0 fully saturated rings. The topological polar surface area (TPSA) is 12.4 Å². The smallest absolute Gasteiger partial charge is 0.138 e. The highest BCUT2D eigenvalue weighted by Gasteiger charge is 1.92. The summed E-state index contributed by atoms with van der Waals surface area (Å²) < 4.78 is 12.8. The van der Waals surface area contributed by atoms with Crippen LogP contribution >= 0.6 is 15.9 Å². The molecule has 0 spiro atoms. The van der Waals surface area contributed by atoms with Crippen LogP contribution in [0.25, 0.3) is 0 Å². The maximum absolute atomic E-state index is 12.5. The third-order valence-corrected chi connectivity index (χ3v) is 1.38. The summed E-state index contributed by atoms with van der Waals surface area (Å²) >= 11 is 2.99. The van der Waals surface area contributed by atoms with Crippen LogP contribution in [-0.4, -0.2) is 12.8 Å². The maximum Gasteiger partial charge on any atom is 0.138 e. The molecule has 1 nitrogen and oxygen atoms in total. The molecule has 56 valence electrons. The second-order valence-corrected chi connectivity index (χ2v) is 2.38. The van der Waals surface area contributed by atoms with Gasteiger partial charge in [-0.1, -0.05) is 6.58 Å². The molecule has 0 aliphatic rings. The molecule has 0 N–H and O–H groups in total. The maximum atomic E-state index is 12.5. The third-order valence-electron chi connectivity index (χ3n) is 0.795. The van der Waals surface area contributed by atoms with Gasteiger partial charge in [-0.25, -0.2) is 4.39 Å². The Morgan fingerprint density at radius 1 is 1.80 bits per heavy atom. The molecule has 10 heavy (non-hydrogen) atoms. The lowest BCUT2D eigenvalue weighted by molar-refractivity contribution is 0.668. The number of nitrogens with zero attached hydrogens (tertiary/aromatic N) is 1. The molecule has 0 saturated heterocycles.